The summed E-state index contributed by atoms with van der Waals surface area (Å²) in [5.41, 5.74) is 2.58. The summed E-state index contributed by atoms with van der Waals surface area (Å²) in [6.07, 6.45) is 4.08. The first-order valence-corrected chi connectivity index (χ1v) is 11.9. The molecular formula is C27H30N6O3. The van der Waals surface area contributed by atoms with Crippen molar-refractivity contribution in [2.24, 2.45) is 5.92 Å². The summed E-state index contributed by atoms with van der Waals surface area (Å²) >= 11 is 0. The fourth-order valence-electron chi connectivity index (χ4n) is 3.95. The Labute approximate surface area is 210 Å². The van der Waals surface area contributed by atoms with E-state index in [9.17, 15) is 9.59 Å². The molecule has 0 saturated heterocycles. The van der Waals surface area contributed by atoms with Crippen LogP contribution in [0.2, 0.25) is 0 Å². The zero-order valence-electron chi connectivity index (χ0n) is 20.7. The highest BCUT2D eigenvalue weighted by molar-refractivity contribution is 6.01. The second-order valence-electron chi connectivity index (χ2n) is 8.86. The van der Waals surface area contributed by atoms with Gasteiger partial charge in [0.1, 0.15) is 23.9 Å². The van der Waals surface area contributed by atoms with Gasteiger partial charge in [-0.25, -0.2) is 4.68 Å². The number of hydrogen-bond donors (Lipinski definition) is 1. The number of ether oxygens (including phenoxy) is 1. The third-order valence-corrected chi connectivity index (χ3v) is 5.85. The van der Waals surface area contributed by atoms with E-state index in [0.717, 1.165) is 11.9 Å². The van der Waals surface area contributed by atoms with Gasteiger partial charge in [0.15, 0.2) is 0 Å². The Bertz CT molecular complexity index is 1300. The van der Waals surface area contributed by atoms with Crippen LogP contribution in [0.4, 0.5) is 5.69 Å². The highest BCUT2D eigenvalue weighted by Gasteiger charge is 2.33. The number of nitrogens with zero attached hydrogens (tertiary/aromatic N) is 5. The first-order chi connectivity index (χ1) is 17.5. The smallest absolute Gasteiger partial charge is 0.249 e. The summed E-state index contributed by atoms with van der Waals surface area (Å²) in [5, 5.41) is 11.3. The largest absolute Gasteiger partial charge is 0.497 e. The fourth-order valence-corrected chi connectivity index (χ4v) is 3.95. The molecule has 0 saturated carbocycles. The summed E-state index contributed by atoms with van der Waals surface area (Å²) in [4.78, 5) is 33.2. The molecule has 0 aliphatic heterocycles. The number of rotatable bonds is 10. The Morgan fingerprint density at radius 3 is 2.53 bits per heavy atom. The molecule has 2 heterocycles. The van der Waals surface area contributed by atoms with Crippen molar-refractivity contribution in [3.05, 3.63) is 78.6 Å². The molecule has 0 unspecified atom stereocenters. The average molecular weight is 487 g/mol. The van der Waals surface area contributed by atoms with Gasteiger partial charge >= 0.3 is 0 Å². The Hall–Kier alpha value is -4.27. The van der Waals surface area contributed by atoms with E-state index in [1.807, 2.05) is 24.3 Å². The van der Waals surface area contributed by atoms with Crippen LogP contribution in [0.25, 0.3) is 11.0 Å². The van der Waals surface area contributed by atoms with Crippen molar-refractivity contribution in [2.45, 2.75) is 32.9 Å². The van der Waals surface area contributed by atoms with Gasteiger partial charge in [-0.15, -0.1) is 5.10 Å². The van der Waals surface area contributed by atoms with Crippen molar-refractivity contribution in [3.63, 3.8) is 0 Å². The van der Waals surface area contributed by atoms with Crippen molar-refractivity contribution >= 4 is 28.5 Å². The van der Waals surface area contributed by atoms with Crippen LogP contribution in [-0.2, 0) is 16.1 Å². The van der Waals surface area contributed by atoms with Crippen LogP contribution in [0.15, 0.2) is 73.1 Å². The second-order valence-corrected chi connectivity index (χ2v) is 8.86. The molecule has 0 bridgehead atoms. The van der Waals surface area contributed by atoms with Gasteiger partial charge < -0.3 is 10.1 Å². The molecule has 0 fully saturated rings. The summed E-state index contributed by atoms with van der Waals surface area (Å²) < 4.78 is 6.84. The molecule has 1 N–H and O–H groups in total. The van der Waals surface area contributed by atoms with E-state index < -0.39 is 6.04 Å². The van der Waals surface area contributed by atoms with Gasteiger partial charge in [0.2, 0.25) is 11.8 Å². The van der Waals surface area contributed by atoms with Crippen LogP contribution in [-0.4, -0.2) is 45.4 Å². The highest BCUT2D eigenvalue weighted by Crippen LogP contribution is 2.30. The molecule has 1 atom stereocenters. The summed E-state index contributed by atoms with van der Waals surface area (Å²) in [7, 11) is 1.58. The van der Waals surface area contributed by atoms with Gasteiger partial charge in [-0.1, -0.05) is 37.3 Å². The van der Waals surface area contributed by atoms with Crippen molar-refractivity contribution < 1.29 is 14.3 Å². The van der Waals surface area contributed by atoms with Crippen LogP contribution < -0.4 is 15.0 Å². The lowest BCUT2D eigenvalue weighted by Crippen LogP contribution is -2.45. The number of para-hydroxylation sites is 1. The lowest BCUT2D eigenvalue weighted by molar-refractivity contribution is -0.127. The first-order valence-electron chi connectivity index (χ1n) is 11.9. The van der Waals surface area contributed by atoms with Gasteiger partial charge in [0, 0.05) is 30.2 Å². The van der Waals surface area contributed by atoms with E-state index in [1.165, 1.54) is 4.90 Å². The number of carbonyl (C=O) groups is 2. The average Bonchev–Trinajstić information content (AvgIpc) is 3.30. The van der Waals surface area contributed by atoms with E-state index in [-0.39, 0.29) is 18.4 Å². The maximum atomic E-state index is 13.9. The lowest BCUT2D eigenvalue weighted by atomic mass is 10.0. The number of anilines is 1. The van der Waals surface area contributed by atoms with Crippen molar-refractivity contribution in [2.75, 3.05) is 18.6 Å². The summed E-state index contributed by atoms with van der Waals surface area (Å²) in [5.74, 6) is 0.481. The normalized spacial score (nSPS) is 11.9. The van der Waals surface area contributed by atoms with Crippen LogP contribution in [0.3, 0.4) is 0 Å². The zero-order valence-corrected chi connectivity index (χ0v) is 20.7. The van der Waals surface area contributed by atoms with E-state index in [1.54, 1.807) is 60.6 Å². The topological polar surface area (TPSA) is 102 Å². The number of aromatic nitrogens is 4. The van der Waals surface area contributed by atoms with Crippen LogP contribution in [0, 0.1) is 5.92 Å². The Balaban J connectivity index is 1.74. The van der Waals surface area contributed by atoms with Crippen LogP contribution in [0.1, 0.15) is 31.9 Å². The van der Waals surface area contributed by atoms with E-state index in [2.05, 4.69) is 34.5 Å². The van der Waals surface area contributed by atoms with Crippen LogP contribution in [0.5, 0.6) is 5.75 Å². The molecule has 0 aliphatic carbocycles. The predicted octanol–water partition coefficient (Wildman–Crippen LogP) is 3.77. The van der Waals surface area contributed by atoms with Crippen molar-refractivity contribution in [3.8, 4) is 5.75 Å². The molecule has 186 valence electrons. The van der Waals surface area contributed by atoms with E-state index in [4.69, 9.17) is 4.74 Å². The molecule has 2 aromatic carbocycles. The minimum Gasteiger partial charge on any atom is -0.497 e. The molecule has 36 heavy (non-hydrogen) atoms. The van der Waals surface area contributed by atoms with E-state index >= 15 is 0 Å². The van der Waals surface area contributed by atoms with E-state index in [0.29, 0.717) is 35.0 Å². The Morgan fingerprint density at radius 1 is 1.06 bits per heavy atom. The summed E-state index contributed by atoms with van der Waals surface area (Å²) in [6, 6.07) is 17.1. The standard InChI is InChI=1S/C27H30N6O3/c1-19(2)14-16-29-27(35)26(20-7-6-15-28-17-20)33(21-10-12-22(36-3)13-11-21)25(34)18-32-24-9-5-4-8-23(24)30-31-32/h4-13,15,17,19,26H,14,16,18H2,1-3H3,(H,29,35)/t26-/m0/s1. The quantitative estimate of drug-likeness (QED) is 0.366. The zero-order chi connectivity index (χ0) is 25.5. The molecule has 0 aliphatic rings. The monoisotopic (exact) mass is 486 g/mol. The number of nitrogens with one attached hydrogen (secondary N) is 1. The van der Waals surface area contributed by atoms with Gasteiger partial charge in [-0.2, -0.15) is 0 Å². The molecule has 9 heteroatoms. The number of pyridine rings is 1. The maximum absolute atomic E-state index is 13.9. The predicted molar refractivity (Wildman–Crippen MR) is 137 cm³/mol. The number of amides is 2. The molecule has 0 spiro atoms. The number of fused-ring (bicyclic) bond motifs is 1. The fraction of sp³-hybridized carbons (Fsp3) is 0.296. The number of methoxy groups -OCH3 is 1. The first kappa shape index (κ1) is 24.8. The second kappa shape index (κ2) is 11.4. The molecule has 9 nitrogen and oxygen atoms in total. The van der Waals surface area contributed by atoms with Gasteiger partial charge in [0.05, 0.1) is 12.6 Å². The van der Waals surface area contributed by atoms with Gasteiger partial charge in [-0.05, 0) is 54.8 Å². The third kappa shape index (κ3) is 5.68. The Morgan fingerprint density at radius 2 is 1.83 bits per heavy atom. The number of carbonyl (C=O) groups excluding carboxylic acids is 2. The molecule has 2 aromatic heterocycles. The number of hydrogen-bond acceptors (Lipinski definition) is 6. The molecule has 0 radical (unpaired) electrons. The van der Waals surface area contributed by atoms with Crippen LogP contribution >= 0.6 is 0 Å². The Kier molecular flexibility index (Phi) is 7.89. The lowest BCUT2D eigenvalue weighted by Gasteiger charge is -2.31. The number of benzene rings is 2. The molecule has 4 rings (SSSR count). The third-order valence-electron chi connectivity index (χ3n) is 5.85. The van der Waals surface area contributed by atoms with Crippen molar-refractivity contribution in [1.29, 1.82) is 0 Å². The van der Waals surface area contributed by atoms with Gasteiger partial charge in [-0.3, -0.25) is 19.5 Å². The maximum Gasteiger partial charge on any atom is 0.249 e. The van der Waals surface area contributed by atoms with Gasteiger partial charge in [0.25, 0.3) is 0 Å². The minimum atomic E-state index is -0.929. The SMILES string of the molecule is COc1ccc(N(C(=O)Cn2nnc3ccccc32)[C@H](C(=O)NCCC(C)C)c2cccnc2)cc1. The molecule has 4 aromatic rings. The summed E-state index contributed by atoms with van der Waals surface area (Å²) in [6.45, 7) is 4.61. The molecular weight excluding hydrogens is 456 g/mol. The highest BCUT2D eigenvalue weighted by atomic mass is 16.5. The minimum absolute atomic E-state index is 0.0947. The molecule has 2 amide bonds. The van der Waals surface area contributed by atoms with Crippen molar-refractivity contribution in [1.82, 2.24) is 25.3 Å².